The van der Waals surface area contributed by atoms with E-state index >= 15 is 0 Å². The number of hydrogen-bond acceptors (Lipinski definition) is 4. The van der Waals surface area contributed by atoms with Gasteiger partial charge in [-0.05, 0) is 36.8 Å². The molecule has 0 amide bonds. The molecule has 4 nitrogen and oxygen atoms in total. The Kier molecular flexibility index (Phi) is 3.13. The van der Waals surface area contributed by atoms with Crippen molar-refractivity contribution in [3.63, 3.8) is 0 Å². The van der Waals surface area contributed by atoms with Crippen LogP contribution in [0, 0.1) is 18.6 Å². The molecule has 0 aliphatic carbocycles. The van der Waals surface area contributed by atoms with Crippen LogP contribution in [-0.2, 0) is 0 Å². The van der Waals surface area contributed by atoms with Crippen LogP contribution >= 0.6 is 0 Å². The highest BCUT2D eigenvalue weighted by molar-refractivity contribution is 5.62. The lowest BCUT2D eigenvalue weighted by Gasteiger charge is -1.99. The van der Waals surface area contributed by atoms with E-state index in [0.717, 1.165) is 0 Å². The van der Waals surface area contributed by atoms with Gasteiger partial charge in [0.25, 0.3) is 5.89 Å². The second kappa shape index (κ2) is 4.97. The van der Waals surface area contributed by atoms with Crippen LogP contribution in [0.4, 0.5) is 14.5 Å². The summed E-state index contributed by atoms with van der Waals surface area (Å²) in [6, 6.07) is 8.76. The van der Waals surface area contributed by atoms with Crippen molar-refractivity contribution in [2.45, 2.75) is 6.92 Å². The van der Waals surface area contributed by atoms with E-state index in [-0.39, 0.29) is 23.1 Å². The number of nitrogen functional groups attached to an aromatic ring is 1. The van der Waals surface area contributed by atoms with Gasteiger partial charge in [-0.1, -0.05) is 17.3 Å². The highest BCUT2D eigenvalue weighted by Gasteiger charge is 2.15. The van der Waals surface area contributed by atoms with Crippen LogP contribution in [0.15, 0.2) is 40.9 Å². The molecule has 1 aromatic heterocycles. The van der Waals surface area contributed by atoms with Crippen LogP contribution < -0.4 is 5.73 Å². The summed E-state index contributed by atoms with van der Waals surface area (Å²) < 4.78 is 32.4. The molecule has 2 aromatic carbocycles. The summed E-state index contributed by atoms with van der Waals surface area (Å²) in [7, 11) is 0. The third-order valence-electron chi connectivity index (χ3n) is 3.08. The fraction of sp³-hybridized carbons (Fsp3) is 0.0667. The lowest BCUT2D eigenvalue weighted by Crippen LogP contribution is -1.90. The standard InChI is InChI=1S/C15H11F2N3O/c1-8-2-3-9(6-12(8)16)14-19-15(21-20-14)11-5-4-10(18)7-13(11)17/h2-7H,18H2,1H3. The second-order valence-electron chi connectivity index (χ2n) is 4.63. The van der Waals surface area contributed by atoms with Crippen molar-refractivity contribution in [3.8, 4) is 22.8 Å². The molecule has 6 heteroatoms. The van der Waals surface area contributed by atoms with Gasteiger partial charge in [-0.15, -0.1) is 0 Å². The first-order chi connectivity index (χ1) is 10.0. The summed E-state index contributed by atoms with van der Waals surface area (Å²) in [6.07, 6.45) is 0. The smallest absolute Gasteiger partial charge is 0.261 e. The summed E-state index contributed by atoms with van der Waals surface area (Å²) >= 11 is 0. The molecular weight excluding hydrogens is 276 g/mol. The molecule has 0 spiro atoms. The average molecular weight is 287 g/mol. The van der Waals surface area contributed by atoms with E-state index in [4.69, 9.17) is 10.3 Å². The van der Waals surface area contributed by atoms with Crippen molar-refractivity contribution in [2.24, 2.45) is 0 Å². The van der Waals surface area contributed by atoms with Gasteiger partial charge in [0.2, 0.25) is 5.82 Å². The molecule has 0 aliphatic rings. The summed E-state index contributed by atoms with van der Waals surface area (Å²) in [4.78, 5) is 4.09. The van der Waals surface area contributed by atoms with E-state index in [9.17, 15) is 8.78 Å². The Bertz CT molecular complexity index is 814. The average Bonchev–Trinajstić information content (AvgIpc) is 2.91. The number of hydrogen-bond donors (Lipinski definition) is 1. The van der Waals surface area contributed by atoms with E-state index in [1.165, 1.54) is 24.3 Å². The minimum Gasteiger partial charge on any atom is -0.399 e. The van der Waals surface area contributed by atoms with Gasteiger partial charge in [0, 0.05) is 11.3 Å². The molecule has 3 aromatic rings. The maximum atomic E-state index is 13.8. The molecule has 0 radical (unpaired) electrons. The highest BCUT2D eigenvalue weighted by Crippen LogP contribution is 2.26. The van der Waals surface area contributed by atoms with Crippen LogP contribution in [0.5, 0.6) is 0 Å². The molecule has 2 N–H and O–H groups in total. The van der Waals surface area contributed by atoms with Crippen molar-refractivity contribution >= 4 is 5.69 Å². The molecule has 0 aliphatic heterocycles. The maximum Gasteiger partial charge on any atom is 0.261 e. The molecule has 0 saturated carbocycles. The topological polar surface area (TPSA) is 64.9 Å². The molecule has 0 atom stereocenters. The van der Waals surface area contributed by atoms with E-state index in [1.54, 1.807) is 19.1 Å². The second-order valence-corrected chi connectivity index (χ2v) is 4.63. The van der Waals surface area contributed by atoms with Gasteiger partial charge >= 0.3 is 0 Å². The molecular formula is C15H11F2N3O. The molecule has 1 heterocycles. The predicted molar refractivity (Wildman–Crippen MR) is 74.2 cm³/mol. The van der Waals surface area contributed by atoms with E-state index < -0.39 is 5.82 Å². The number of anilines is 1. The van der Waals surface area contributed by atoms with Gasteiger partial charge in [-0.2, -0.15) is 4.98 Å². The first-order valence-electron chi connectivity index (χ1n) is 6.20. The first kappa shape index (κ1) is 13.2. The zero-order valence-corrected chi connectivity index (χ0v) is 11.1. The van der Waals surface area contributed by atoms with Gasteiger partial charge in [0.1, 0.15) is 11.6 Å². The van der Waals surface area contributed by atoms with Crippen molar-refractivity contribution in [3.05, 3.63) is 53.6 Å². The lowest BCUT2D eigenvalue weighted by molar-refractivity contribution is 0.429. The Morgan fingerprint density at radius 3 is 2.57 bits per heavy atom. The van der Waals surface area contributed by atoms with Gasteiger partial charge in [0.15, 0.2) is 0 Å². The van der Waals surface area contributed by atoms with Crippen molar-refractivity contribution < 1.29 is 13.3 Å². The molecule has 0 fully saturated rings. The lowest BCUT2D eigenvalue weighted by atomic mass is 10.1. The number of rotatable bonds is 2. The Balaban J connectivity index is 2.01. The zero-order chi connectivity index (χ0) is 15.0. The quantitative estimate of drug-likeness (QED) is 0.732. The van der Waals surface area contributed by atoms with Crippen molar-refractivity contribution in [1.29, 1.82) is 0 Å². The van der Waals surface area contributed by atoms with Crippen LogP contribution in [0.25, 0.3) is 22.8 Å². The minimum atomic E-state index is -0.555. The minimum absolute atomic E-state index is 0.0171. The normalized spacial score (nSPS) is 10.8. The fourth-order valence-corrected chi connectivity index (χ4v) is 1.89. The van der Waals surface area contributed by atoms with Crippen LogP contribution in [0.3, 0.4) is 0 Å². The van der Waals surface area contributed by atoms with Gasteiger partial charge in [0.05, 0.1) is 5.56 Å². The Labute approximate surface area is 119 Å². The summed E-state index contributed by atoms with van der Waals surface area (Å²) in [5.41, 5.74) is 6.92. The van der Waals surface area contributed by atoms with Crippen LogP contribution in [0.1, 0.15) is 5.56 Å². The number of halogens is 2. The third kappa shape index (κ3) is 2.47. The number of nitrogens with two attached hydrogens (primary N) is 1. The summed E-state index contributed by atoms with van der Waals surface area (Å²) in [5, 5.41) is 3.75. The Morgan fingerprint density at radius 1 is 1.05 bits per heavy atom. The molecule has 21 heavy (non-hydrogen) atoms. The van der Waals surface area contributed by atoms with E-state index in [0.29, 0.717) is 16.8 Å². The van der Waals surface area contributed by atoms with Gasteiger partial charge in [-0.25, -0.2) is 8.78 Å². The number of benzene rings is 2. The zero-order valence-electron chi connectivity index (χ0n) is 11.1. The van der Waals surface area contributed by atoms with Gasteiger partial charge < -0.3 is 10.3 Å². The Morgan fingerprint density at radius 2 is 1.86 bits per heavy atom. The largest absolute Gasteiger partial charge is 0.399 e. The number of aromatic nitrogens is 2. The fourth-order valence-electron chi connectivity index (χ4n) is 1.89. The van der Waals surface area contributed by atoms with Crippen molar-refractivity contribution in [2.75, 3.05) is 5.73 Å². The molecule has 0 bridgehead atoms. The number of aryl methyl sites for hydroxylation is 1. The molecule has 3 rings (SSSR count). The highest BCUT2D eigenvalue weighted by atomic mass is 19.1. The first-order valence-corrected chi connectivity index (χ1v) is 6.20. The van der Waals surface area contributed by atoms with E-state index in [1.807, 2.05) is 0 Å². The maximum absolute atomic E-state index is 13.8. The van der Waals surface area contributed by atoms with E-state index in [2.05, 4.69) is 10.1 Å². The predicted octanol–water partition coefficient (Wildman–Crippen LogP) is 3.57. The monoisotopic (exact) mass is 287 g/mol. The third-order valence-corrected chi connectivity index (χ3v) is 3.08. The van der Waals surface area contributed by atoms with Crippen molar-refractivity contribution in [1.82, 2.24) is 10.1 Å². The molecule has 0 saturated heterocycles. The Hall–Kier alpha value is -2.76. The van der Waals surface area contributed by atoms with Crippen LogP contribution in [0.2, 0.25) is 0 Å². The number of nitrogens with zero attached hydrogens (tertiary/aromatic N) is 2. The van der Waals surface area contributed by atoms with Gasteiger partial charge in [-0.3, -0.25) is 0 Å². The molecule has 0 unspecified atom stereocenters. The summed E-state index contributed by atoms with van der Waals surface area (Å²) in [6.45, 7) is 1.66. The molecule has 106 valence electrons. The summed E-state index contributed by atoms with van der Waals surface area (Å²) in [5.74, 6) is -0.707. The van der Waals surface area contributed by atoms with Crippen LogP contribution in [-0.4, -0.2) is 10.1 Å². The SMILES string of the molecule is Cc1ccc(-c2noc(-c3ccc(N)cc3F)n2)cc1F.